The maximum Gasteiger partial charge on any atom is 0.297 e. The quantitative estimate of drug-likeness (QED) is 0.167. The molecule has 0 N–H and O–H groups in total. The van der Waals surface area contributed by atoms with Gasteiger partial charge in [0.05, 0.1) is 16.6 Å². The third-order valence-corrected chi connectivity index (χ3v) is 10.3. The highest BCUT2D eigenvalue weighted by molar-refractivity contribution is 8.00. The van der Waals surface area contributed by atoms with Crippen molar-refractivity contribution >= 4 is 67.5 Å². The Labute approximate surface area is 253 Å². The molecule has 210 valence electrons. The molecule has 1 atom stereocenters. The summed E-state index contributed by atoms with van der Waals surface area (Å²) >= 11 is 2.72. The van der Waals surface area contributed by atoms with Crippen LogP contribution in [-0.4, -0.2) is 28.6 Å². The molecule has 0 aliphatic carbocycles. The molecule has 2 aliphatic rings. The van der Waals surface area contributed by atoms with Gasteiger partial charge >= 0.3 is 0 Å². The van der Waals surface area contributed by atoms with Crippen LogP contribution < -0.4 is 15.2 Å². The molecule has 0 radical (unpaired) electrons. The van der Waals surface area contributed by atoms with Gasteiger partial charge in [0.1, 0.15) is 5.58 Å². The number of carbonyl (C=O) groups is 2. The third-order valence-electron chi connectivity index (χ3n) is 8.17. The van der Waals surface area contributed by atoms with Gasteiger partial charge in [-0.1, -0.05) is 95.9 Å². The smallest absolute Gasteiger partial charge is 0.297 e. The zero-order valence-corrected chi connectivity index (χ0v) is 24.4. The lowest BCUT2D eigenvalue weighted by Gasteiger charge is -2.31. The number of thioether (sulfide) groups is 1. The number of likely N-dealkylation sites (N-methyl/N-ethyl adjacent to an activating group) is 1. The second-order valence-corrected chi connectivity index (χ2v) is 12.5. The van der Waals surface area contributed by atoms with Crippen LogP contribution in [-0.2, 0) is 16.1 Å². The Morgan fingerprint density at radius 1 is 0.860 bits per heavy atom. The first-order chi connectivity index (χ1) is 21.0. The minimum Gasteiger partial charge on any atom is -0.450 e. The van der Waals surface area contributed by atoms with E-state index in [1.165, 1.54) is 28.0 Å². The molecule has 6 aromatic rings. The van der Waals surface area contributed by atoms with Crippen LogP contribution in [0.4, 0.5) is 10.8 Å². The molecule has 43 heavy (non-hydrogen) atoms. The molecule has 1 spiro atoms. The van der Waals surface area contributed by atoms with Gasteiger partial charge in [0, 0.05) is 17.9 Å². The molecule has 4 aromatic carbocycles. The van der Waals surface area contributed by atoms with Crippen LogP contribution >= 0.6 is 23.1 Å². The van der Waals surface area contributed by atoms with Gasteiger partial charge < -0.3 is 9.32 Å². The summed E-state index contributed by atoms with van der Waals surface area (Å²) in [6.07, 6.45) is 0. The highest BCUT2D eigenvalue weighted by Gasteiger charge is 2.66. The summed E-state index contributed by atoms with van der Waals surface area (Å²) in [7, 11) is 0. The topological polar surface area (TPSA) is 96.6 Å². The molecule has 0 bridgehead atoms. The van der Waals surface area contributed by atoms with Crippen LogP contribution in [0.15, 0.2) is 105 Å². The lowest BCUT2D eigenvalue weighted by Crippen LogP contribution is -2.53. The number of hydrogen-bond acceptors (Lipinski definition) is 8. The van der Waals surface area contributed by atoms with Crippen molar-refractivity contribution in [2.24, 2.45) is 0 Å². The highest BCUT2D eigenvalue weighted by atomic mass is 32.2. The van der Waals surface area contributed by atoms with Crippen molar-refractivity contribution in [1.82, 2.24) is 10.2 Å². The first-order valence-corrected chi connectivity index (χ1v) is 15.6. The van der Waals surface area contributed by atoms with Gasteiger partial charge in [-0.3, -0.25) is 19.3 Å². The number of hydrogen-bond donors (Lipinski definition) is 0. The first-order valence-electron chi connectivity index (χ1n) is 13.8. The van der Waals surface area contributed by atoms with Crippen LogP contribution in [0.25, 0.3) is 21.7 Å². The van der Waals surface area contributed by atoms with E-state index in [0.29, 0.717) is 33.3 Å². The predicted molar refractivity (Wildman–Crippen MR) is 168 cm³/mol. The van der Waals surface area contributed by atoms with Gasteiger partial charge in [-0.15, -0.1) is 10.2 Å². The molecule has 8 rings (SSSR count). The molecule has 0 saturated heterocycles. The molecule has 2 aromatic heterocycles. The van der Waals surface area contributed by atoms with Crippen molar-refractivity contribution in [1.29, 1.82) is 0 Å². The third kappa shape index (κ3) is 3.53. The molecule has 2 amide bonds. The van der Waals surface area contributed by atoms with E-state index < -0.39 is 22.8 Å². The number of rotatable bonds is 5. The summed E-state index contributed by atoms with van der Waals surface area (Å²) in [5.41, 5.74) is 0.460. The monoisotopic (exact) mass is 602 g/mol. The predicted octanol–water partition coefficient (Wildman–Crippen LogP) is 6.36. The van der Waals surface area contributed by atoms with E-state index in [1.807, 2.05) is 43.3 Å². The molecule has 0 saturated carbocycles. The fourth-order valence-electron chi connectivity index (χ4n) is 6.33. The van der Waals surface area contributed by atoms with E-state index in [-0.39, 0.29) is 22.0 Å². The van der Waals surface area contributed by atoms with Crippen LogP contribution in [0.1, 0.15) is 34.2 Å². The zero-order chi connectivity index (χ0) is 29.3. The summed E-state index contributed by atoms with van der Waals surface area (Å²) in [5.74, 6) is -0.497. The number of fused-ring (bicyclic) bond motifs is 6. The lowest BCUT2D eigenvalue weighted by molar-refractivity contribution is -0.121. The summed E-state index contributed by atoms with van der Waals surface area (Å²) in [5, 5.41) is 11.7. The normalized spacial score (nSPS) is 17.4. The van der Waals surface area contributed by atoms with Crippen molar-refractivity contribution < 1.29 is 14.0 Å². The molecule has 0 fully saturated rings. The number of nitrogens with zero attached hydrogens (tertiary/aromatic N) is 4. The van der Waals surface area contributed by atoms with Crippen molar-refractivity contribution in [2.45, 2.75) is 22.6 Å². The van der Waals surface area contributed by atoms with E-state index in [0.717, 1.165) is 16.3 Å². The summed E-state index contributed by atoms with van der Waals surface area (Å²) in [6.45, 7) is 2.22. The molecule has 2 aliphatic heterocycles. The summed E-state index contributed by atoms with van der Waals surface area (Å²) < 4.78 is 6.75. The molecule has 4 heterocycles. The van der Waals surface area contributed by atoms with E-state index in [4.69, 9.17) is 4.42 Å². The minimum absolute atomic E-state index is 0.0183. The average Bonchev–Trinajstić information content (AvgIpc) is 3.68. The standard InChI is InChI=1S/C33H22N4O4S2/c1-2-36-24-16-7-6-15-23(24)33(30(36)40)26-27(38)22-14-5-8-17-25(22)41-28(26)29(39)37(33)31-34-35-32(43-31)42-18-20-12-9-11-19-10-3-4-13-21(19)20/h3-17H,2,18H2,1H3. The molecule has 8 nitrogen and oxygen atoms in total. The van der Waals surface area contributed by atoms with E-state index in [1.54, 1.807) is 35.2 Å². The highest BCUT2D eigenvalue weighted by Crippen LogP contribution is 2.54. The van der Waals surface area contributed by atoms with Crippen molar-refractivity contribution in [2.75, 3.05) is 16.3 Å². The largest absolute Gasteiger partial charge is 0.450 e. The van der Waals surface area contributed by atoms with Crippen molar-refractivity contribution in [3.63, 3.8) is 0 Å². The lowest BCUT2D eigenvalue weighted by atomic mass is 9.84. The Morgan fingerprint density at radius 2 is 1.60 bits per heavy atom. The average molecular weight is 603 g/mol. The second kappa shape index (κ2) is 9.62. The van der Waals surface area contributed by atoms with Crippen molar-refractivity contribution in [3.8, 4) is 0 Å². The van der Waals surface area contributed by atoms with Crippen LogP contribution in [0.3, 0.4) is 0 Å². The molecule has 1 unspecified atom stereocenters. The SMILES string of the molecule is CCN1C(=O)C2(c3ccccc31)c1c(oc3ccccc3c1=O)C(=O)N2c1nnc(SCc2cccc3ccccc23)s1. The maximum absolute atomic E-state index is 14.5. The second-order valence-electron chi connectivity index (χ2n) is 10.3. The zero-order valence-electron chi connectivity index (χ0n) is 22.8. The van der Waals surface area contributed by atoms with E-state index in [9.17, 15) is 14.4 Å². The number of aromatic nitrogens is 2. The van der Waals surface area contributed by atoms with E-state index >= 15 is 0 Å². The van der Waals surface area contributed by atoms with Crippen LogP contribution in [0, 0.1) is 0 Å². The number of amides is 2. The number of carbonyl (C=O) groups excluding carboxylic acids is 2. The summed E-state index contributed by atoms with van der Waals surface area (Å²) in [4.78, 5) is 46.0. The number of anilines is 2. The van der Waals surface area contributed by atoms with E-state index in [2.05, 4.69) is 34.5 Å². The Kier molecular flexibility index (Phi) is 5.79. The Hall–Kier alpha value is -4.80. The Bertz CT molecular complexity index is 2190. The first kappa shape index (κ1) is 25.9. The van der Waals surface area contributed by atoms with Crippen LogP contribution in [0.5, 0.6) is 0 Å². The van der Waals surface area contributed by atoms with Crippen molar-refractivity contribution in [3.05, 3.63) is 124 Å². The Morgan fingerprint density at radius 3 is 2.47 bits per heavy atom. The van der Waals surface area contributed by atoms with Gasteiger partial charge in [0.15, 0.2) is 15.3 Å². The number of para-hydroxylation sites is 2. The molecule has 10 heteroatoms. The van der Waals surface area contributed by atoms with Gasteiger partial charge in [-0.2, -0.15) is 0 Å². The van der Waals surface area contributed by atoms with Crippen LogP contribution in [0.2, 0.25) is 0 Å². The fraction of sp³-hybridized carbons (Fsp3) is 0.121. The maximum atomic E-state index is 14.5. The summed E-state index contributed by atoms with van der Waals surface area (Å²) in [6, 6.07) is 28.5. The van der Waals surface area contributed by atoms with Gasteiger partial charge in [0.25, 0.3) is 11.8 Å². The van der Waals surface area contributed by atoms with Gasteiger partial charge in [-0.05, 0) is 41.5 Å². The number of benzene rings is 4. The van der Waals surface area contributed by atoms with Gasteiger partial charge in [-0.25, -0.2) is 0 Å². The fourth-order valence-corrected chi connectivity index (χ4v) is 8.23. The Balaban J connectivity index is 1.28. The molecular weight excluding hydrogens is 581 g/mol. The van der Waals surface area contributed by atoms with Gasteiger partial charge in [0.2, 0.25) is 10.9 Å². The molecular formula is C33H22N4O4S2. The minimum atomic E-state index is -1.76.